The van der Waals surface area contributed by atoms with Crippen molar-refractivity contribution in [1.29, 1.82) is 0 Å². The number of benzene rings is 1. The number of hydrogen-bond acceptors (Lipinski definition) is 3. The minimum absolute atomic E-state index is 0.0572. The molecular weight excluding hydrogens is 301 g/mol. The number of aliphatic carboxylic acids is 1. The number of halogens is 1. The number of amides is 1. The van der Waals surface area contributed by atoms with Gasteiger partial charge in [0.05, 0.1) is 5.56 Å². The van der Waals surface area contributed by atoms with Crippen LogP contribution in [0.1, 0.15) is 30.8 Å². The quantitative estimate of drug-likeness (QED) is 0.856. The molecule has 0 aliphatic heterocycles. The fourth-order valence-electron chi connectivity index (χ4n) is 2.19. The van der Waals surface area contributed by atoms with Crippen LogP contribution in [0.15, 0.2) is 40.8 Å². The maximum atomic E-state index is 13.7. The van der Waals surface area contributed by atoms with E-state index in [4.69, 9.17) is 9.52 Å². The number of nitrogens with one attached hydrogen (secondary N) is 1. The highest BCUT2D eigenvalue weighted by atomic mass is 19.1. The molecule has 2 aromatic rings. The molecule has 122 valence electrons. The molecule has 0 aliphatic carbocycles. The summed E-state index contributed by atoms with van der Waals surface area (Å²) in [5.74, 6) is -1.94. The highest BCUT2D eigenvalue weighted by Crippen LogP contribution is 2.24. The van der Waals surface area contributed by atoms with E-state index < -0.39 is 23.7 Å². The van der Waals surface area contributed by atoms with Crippen molar-refractivity contribution < 1.29 is 23.5 Å². The summed E-state index contributed by atoms with van der Waals surface area (Å²) in [6, 6.07) is 7.92. The number of rotatable bonds is 6. The first kappa shape index (κ1) is 16.7. The molecule has 0 saturated carbocycles. The average molecular weight is 319 g/mol. The predicted octanol–water partition coefficient (Wildman–Crippen LogP) is 3.31. The SMILES string of the molecule is CC(C)CC(NC(=O)c1ccc(-c2ccccc2F)o1)C(=O)O. The van der Waals surface area contributed by atoms with E-state index in [0.29, 0.717) is 6.42 Å². The maximum absolute atomic E-state index is 13.7. The summed E-state index contributed by atoms with van der Waals surface area (Å²) < 4.78 is 19.1. The summed E-state index contributed by atoms with van der Waals surface area (Å²) in [7, 11) is 0. The topological polar surface area (TPSA) is 79.5 Å². The van der Waals surface area contributed by atoms with Crippen LogP contribution in [0.2, 0.25) is 0 Å². The largest absolute Gasteiger partial charge is 0.480 e. The number of furan rings is 1. The zero-order valence-electron chi connectivity index (χ0n) is 12.9. The molecule has 1 heterocycles. The van der Waals surface area contributed by atoms with Crippen LogP contribution < -0.4 is 5.32 Å². The Morgan fingerprint density at radius 3 is 2.52 bits per heavy atom. The molecule has 2 rings (SSSR count). The maximum Gasteiger partial charge on any atom is 0.326 e. The molecule has 23 heavy (non-hydrogen) atoms. The van der Waals surface area contributed by atoms with E-state index in [0.717, 1.165) is 0 Å². The summed E-state index contributed by atoms with van der Waals surface area (Å²) in [6.45, 7) is 3.73. The van der Waals surface area contributed by atoms with Crippen LogP contribution in [-0.4, -0.2) is 23.0 Å². The van der Waals surface area contributed by atoms with Crippen LogP contribution in [0.5, 0.6) is 0 Å². The Balaban J connectivity index is 2.15. The van der Waals surface area contributed by atoms with Crippen LogP contribution in [0.25, 0.3) is 11.3 Å². The average Bonchev–Trinajstić information content (AvgIpc) is 2.96. The lowest BCUT2D eigenvalue weighted by Gasteiger charge is -2.15. The molecule has 0 aliphatic rings. The number of carboxylic acids is 1. The van der Waals surface area contributed by atoms with Crippen molar-refractivity contribution in [3.05, 3.63) is 48.0 Å². The van der Waals surface area contributed by atoms with E-state index in [1.807, 2.05) is 13.8 Å². The molecule has 2 N–H and O–H groups in total. The second-order valence-corrected chi connectivity index (χ2v) is 5.64. The van der Waals surface area contributed by atoms with Gasteiger partial charge in [-0.2, -0.15) is 0 Å². The van der Waals surface area contributed by atoms with Crippen LogP contribution in [0, 0.1) is 11.7 Å². The summed E-state index contributed by atoms with van der Waals surface area (Å²) in [5.41, 5.74) is 0.239. The molecule has 0 radical (unpaired) electrons. The van der Waals surface area contributed by atoms with E-state index in [-0.39, 0.29) is 23.0 Å². The van der Waals surface area contributed by atoms with Crippen molar-refractivity contribution in [2.75, 3.05) is 0 Å². The van der Waals surface area contributed by atoms with Gasteiger partial charge in [0, 0.05) is 0 Å². The fraction of sp³-hybridized carbons (Fsp3) is 0.294. The van der Waals surface area contributed by atoms with Crippen LogP contribution in [0.4, 0.5) is 4.39 Å². The summed E-state index contributed by atoms with van der Waals surface area (Å²) in [4.78, 5) is 23.3. The summed E-state index contributed by atoms with van der Waals surface area (Å²) in [6.07, 6.45) is 0.307. The molecular formula is C17H18FNO4. The number of carbonyl (C=O) groups is 2. The number of carboxylic acid groups (broad SMARTS) is 1. The molecule has 6 heteroatoms. The summed E-state index contributed by atoms with van der Waals surface area (Å²) in [5, 5.41) is 11.6. The van der Waals surface area contributed by atoms with Gasteiger partial charge in [0.25, 0.3) is 5.91 Å². The second-order valence-electron chi connectivity index (χ2n) is 5.64. The van der Waals surface area contributed by atoms with Gasteiger partial charge in [-0.1, -0.05) is 26.0 Å². The molecule has 1 aromatic carbocycles. The van der Waals surface area contributed by atoms with Gasteiger partial charge >= 0.3 is 5.97 Å². The van der Waals surface area contributed by atoms with E-state index in [1.165, 1.54) is 24.3 Å². The van der Waals surface area contributed by atoms with E-state index in [9.17, 15) is 14.0 Å². The monoisotopic (exact) mass is 319 g/mol. The van der Waals surface area contributed by atoms with Crippen molar-refractivity contribution in [2.45, 2.75) is 26.3 Å². The molecule has 1 amide bonds. The van der Waals surface area contributed by atoms with Crippen molar-refractivity contribution in [3.63, 3.8) is 0 Å². The standard InChI is InChI=1S/C17H18FNO4/c1-10(2)9-13(17(21)22)19-16(20)15-8-7-14(23-15)11-5-3-4-6-12(11)18/h3-8,10,13H,9H2,1-2H3,(H,19,20)(H,21,22). The van der Waals surface area contributed by atoms with E-state index >= 15 is 0 Å². The molecule has 0 saturated heterocycles. The van der Waals surface area contributed by atoms with Crippen molar-refractivity contribution in [3.8, 4) is 11.3 Å². The molecule has 0 fully saturated rings. The number of hydrogen-bond donors (Lipinski definition) is 2. The highest BCUT2D eigenvalue weighted by Gasteiger charge is 2.23. The van der Waals surface area contributed by atoms with Crippen LogP contribution in [0.3, 0.4) is 0 Å². The van der Waals surface area contributed by atoms with Gasteiger partial charge in [0.15, 0.2) is 5.76 Å². The van der Waals surface area contributed by atoms with Crippen molar-refractivity contribution in [1.82, 2.24) is 5.32 Å². The first-order valence-corrected chi connectivity index (χ1v) is 7.27. The van der Waals surface area contributed by atoms with Crippen molar-refractivity contribution in [2.24, 2.45) is 5.92 Å². The Labute approximate surface area is 133 Å². The van der Waals surface area contributed by atoms with Gasteiger partial charge in [-0.15, -0.1) is 0 Å². The lowest BCUT2D eigenvalue weighted by atomic mass is 10.0. The Hall–Kier alpha value is -2.63. The lowest BCUT2D eigenvalue weighted by Crippen LogP contribution is -2.41. The van der Waals surface area contributed by atoms with Crippen LogP contribution >= 0.6 is 0 Å². The van der Waals surface area contributed by atoms with Crippen molar-refractivity contribution >= 4 is 11.9 Å². The third-order valence-corrected chi connectivity index (χ3v) is 3.28. The van der Waals surface area contributed by atoms with Gasteiger partial charge in [0.2, 0.25) is 0 Å². The van der Waals surface area contributed by atoms with Crippen LogP contribution in [-0.2, 0) is 4.79 Å². The third-order valence-electron chi connectivity index (χ3n) is 3.28. The molecule has 1 unspecified atom stereocenters. The first-order valence-electron chi connectivity index (χ1n) is 7.27. The van der Waals surface area contributed by atoms with E-state index in [2.05, 4.69) is 5.32 Å². The Bertz CT molecular complexity index is 708. The second kappa shape index (κ2) is 7.09. The lowest BCUT2D eigenvalue weighted by molar-refractivity contribution is -0.139. The first-order chi connectivity index (χ1) is 10.9. The Morgan fingerprint density at radius 1 is 1.22 bits per heavy atom. The van der Waals surface area contributed by atoms with Gasteiger partial charge in [0.1, 0.15) is 17.6 Å². The Kier molecular flexibility index (Phi) is 5.16. The number of carbonyl (C=O) groups excluding carboxylic acids is 1. The van der Waals surface area contributed by atoms with Gasteiger partial charge < -0.3 is 14.8 Å². The third kappa shape index (κ3) is 4.18. The van der Waals surface area contributed by atoms with E-state index in [1.54, 1.807) is 12.1 Å². The minimum atomic E-state index is -1.10. The van der Waals surface area contributed by atoms with Gasteiger partial charge in [-0.05, 0) is 36.6 Å². The van der Waals surface area contributed by atoms with Gasteiger partial charge in [-0.3, -0.25) is 4.79 Å². The normalized spacial score (nSPS) is 12.2. The minimum Gasteiger partial charge on any atom is -0.480 e. The Morgan fingerprint density at radius 2 is 1.91 bits per heavy atom. The summed E-state index contributed by atoms with van der Waals surface area (Å²) >= 11 is 0. The molecule has 1 atom stereocenters. The van der Waals surface area contributed by atoms with Gasteiger partial charge in [-0.25, -0.2) is 9.18 Å². The molecule has 0 spiro atoms. The molecule has 0 bridgehead atoms. The zero-order valence-corrected chi connectivity index (χ0v) is 12.9. The fourth-order valence-corrected chi connectivity index (χ4v) is 2.19. The molecule has 5 nitrogen and oxygen atoms in total. The predicted molar refractivity (Wildman–Crippen MR) is 82.4 cm³/mol. The smallest absolute Gasteiger partial charge is 0.326 e. The zero-order chi connectivity index (χ0) is 17.0. The highest BCUT2D eigenvalue weighted by molar-refractivity contribution is 5.94. The molecule has 1 aromatic heterocycles.